The molecule has 0 amide bonds. The van der Waals surface area contributed by atoms with Crippen LogP contribution in [0.15, 0.2) is 17.2 Å². The van der Waals surface area contributed by atoms with Gasteiger partial charge >= 0.3 is 0 Å². The van der Waals surface area contributed by atoms with Crippen molar-refractivity contribution in [3.05, 3.63) is 18.0 Å². The first-order valence-corrected chi connectivity index (χ1v) is 10.0. The molecule has 1 aliphatic rings. The molecule has 0 radical (unpaired) electrons. The second kappa shape index (κ2) is 7.17. The number of nitrogens with zero attached hydrogens (tertiary/aromatic N) is 2. The van der Waals surface area contributed by atoms with Gasteiger partial charge in [0.05, 0.1) is 0 Å². The Morgan fingerprint density at radius 1 is 1.48 bits per heavy atom. The molecule has 21 heavy (non-hydrogen) atoms. The Morgan fingerprint density at radius 2 is 2.24 bits per heavy atom. The number of thioether (sulfide) groups is 1. The zero-order chi connectivity index (χ0) is 15.5. The minimum Gasteiger partial charge on any atom is -0.349 e. The molecule has 1 N–H and O–H groups in total. The number of aryl methyl sites for hydroxylation is 1. The largest absolute Gasteiger partial charge is 0.349 e. The zero-order valence-corrected chi connectivity index (χ0v) is 14.6. The smallest absolute Gasteiger partial charge is 0.244 e. The molecule has 1 aliphatic heterocycles. The van der Waals surface area contributed by atoms with E-state index in [0.29, 0.717) is 18.0 Å². The van der Waals surface area contributed by atoms with Gasteiger partial charge in [-0.2, -0.15) is 16.1 Å². The number of sulfonamides is 1. The van der Waals surface area contributed by atoms with Gasteiger partial charge < -0.3 is 9.88 Å². The first-order valence-electron chi connectivity index (χ1n) is 7.44. The van der Waals surface area contributed by atoms with Crippen molar-refractivity contribution in [1.82, 2.24) is 14.2 Å². The lowest BCUT2D eigenvalue weighted by Gasteiger charge is -2.31. The monoisotopic (exact) mass is 331 g/mol. The van der Waals surface area contributed by atoms with E-state index < -0.39 is 10.0 Å². The van der Waals surface area contributed by atoms with Crippen molar-refractivity contribution in [2.75, 3.05) is 25.1 Å². The third-order valence-corrected chi connectivity index (χ3v) is 6.86. The highest BCUT2D eigenvalue weighted by atomic mass is 32.2. The van der Waals surface area contributed by atoms with Gasteiger partial charge in [0.25, 0.3) is 0 Å². The Labute approximate surface area is 132 Å². The van der Waals surface area contributed by atoms with E-state index in [2.05, 4.69) is 12.2 Å². The third kappa shape index (κ3) is 3.64. The fraction of sp³-hybridized carbons (Fsp3) is 0.714. The topological polar surface area (TPSA) is 54.3 Å². The summed E-state index contributed by atoms with van der Waals surface area (Å²) < 4.78 is 29.4. The number of hydrogen-bond donors (Lipinski definition) is 1. The molecule has 0 bridgehead atoms. The second-order valence-electron chi connectivity index (χ2n) is 5.43. The molecule has 7 heteroatoms. The minimum absolute atomic E-state index is 0.0658. The van der Waals surface area contributed by atoms with Gasteiger partial charge in [-0.3, -0.25) is 0 Å². The molecule has 2 rings (SSSR count). The number of aromatic nitrogens is 1. The van der Waals surface area contributed by atoms with E-state index in [9.17, 15) is 8.42 Å². The van der Waals surface area contributed by atoms with Crippen molar-refractivity contribution >= 4 is 21.8 Å². The molecule has 1 atom stereocenters. The Morgan fingerprint density at radius 3 is 2.86 bits per heavy atom. The summed E-state index contributed by atoms with van der Waals surface area (Å²) in [5, 5.41) is 3.10. The van der Waals surface area contributed by atoms with Gasteiger partial charge in [-0.25, -0.2) is 8.42 Å². The van der Waals surface area contributed by atoms with Crippen LogP contribution in [0.2, 0.25) is 0 Å². The molecule has 120 valence electrons. The summed E-state index contributed by atoms with van der Waals surface area (Å²) in [5.74, 6) is 1.75. The van der Waals surface area contributed by atoms with Crippen LogP contribution in [-0.2, 0) is 23.1 Å². The molecule has 1 saturated heterocycles. The van der Waals surface area contributed by atoms with Crippen LogP contribution in [0.5, 0.6) is 0 Å². The summed E-state index contributed by atoms with van der Waals surface area (Å²) in [6.07, 6.45) is 2.78. The lowest BCUT2D eigenvalue weighted by molar-refractivity contribution is 0.367. The molecule has 1 unspecified atom stereocenters. The molecule has 1 aromatic rings. The van der Waals surface area contributed by atoms with Crippen LogP contribution in [0.25, 0.3) is 0 Å². The Kier molecular flexibility index (Phi) is 5.76. The fourth-order valence-corrected chi connectivity index (χ4v) is 5.57. The molecular weight excluding hydrogens is 306 g/mol. The standard InChI is InChI=1S/C14H25N3O2S2/c1-4-5-16-10-14(8-13(16)9-15-3)21(18,19)17-6-7-20-11-12(17)2/h8,10,12,15H,4-7,9,11H2,1-3H3. The molecule has 0 spiro atoms. The highest BCUT2D eigenvalue weighted by molar-refractivity contribution is 7.99. The quantitative estimate of drug-likeness (QED) is 0.863. The maximum atomic E-state index is 12.9. The van der Waals surface area contributed by atoms with Crippen LogP contribution in [0.3, 0.4) is 0 Å². The maximum Gasteiger partial charge on any atom is 0.244 e. The van der Waals surface area contributed by atoms with Crippen molar-refractivity contribution in [3.63, 3.8) is 0 Å². The van der Waals surface area contributed by atoms with Crippen molar-refractivity contribution in [3.8, 4) is 0 Å². The van der Waals surface area contributed by atoms with Crippen LogP contribution >= 0.6 is 11.8 Å². The number of nitrogens with one attached hydrogen (secondary N) is 1. The predicted molar refractivity (Wildman–Crippen MR) is 88.2 cm³/mol. The first kappa shape index (κ1) is 16.9. The van der Waals surface area contributed by atoms with Gasteiger partial charge in [-0.15, -0.1) is 0 Å². The lowest BCUT2D eigenvalue weighted by atomic mass is 10.4. The SMILES string of the molecule is CCCn1cc(S(=O)(=O)N2CCSCC2C)cc1CNC. The lowest BCUT2D eigenvalue weighted by Crippen LogP contribution is -2.44. The Bertz CT molecular complexity index is 545. The summed E-state index contributed by atoms with van der Waals surface area (Å²) in [7, 11) is -1.50. The van der Waals surface area contributed by atoms with E-state index in [1.165, 1.54) is 0 Å². The normalized spacial score (nSPS) is 20.8. The van der Waals surface area contributed by atoms with Crippen LogP contribution in [0, 0.1) is 0 Å². The third-order valence-electron chi connectivity index (χ3n) is 3.70. The highest BCUT2D eigenvalue weighted by Gasteiger charge is 2.32. The zero-order valence-electron chi connectivity index (χ0n) is 13.0. The molecule has 1 aromatic heterocycles. The van der Waals surface area contributed by atoms with Crippen LogP contribution in [0.4, 0.5) is 0 Å². The van der Waals surface area contributed by atoms with Crippen molar-refractivity contribution < 1.29 is 8.42 Å². The van der Waals surface area contributed by atoms with E-state index >= 15 is 0 Å². The van der Waals surface area contributed by atoms with Gasteiger partial charge in [0.1, 0.15) is 4.90 Å². The molecule has 5 nitrogen and oxygen atoms in total. The molecule has 0 aliphatic carbocycles. The predicted octanol–water partition coefficient (Wildman–Crippen LogP) is 1.74. The molecular formula is C14H25N3O2S2. The Hall–Kier alpha value is -0.500. The summed E-state index contributed by atoms with van der Waals surface area (Å²) in [6, 6.07) is 1.88. The van der Waals surface area contributed by atoms with Crippen molar-refractivity contribution in [1.29, 1.82) is 0 Å². The van der Waals surface area contributed by atoms with Gasteiger partial charge in [-0.05, 0) is 26.5 Å². The second-order valence-corrected chi connectivity index (χ2v) is 8.47. The molecule has 0 aromatic carbocycles. The van der Waals surface area contributed by atoms with Crippen LogP contribution in [0.1, 0.15) is 26.0 Å². The molecule has 2 heterocycles. The van der Waals surface area contributed by atoms with Crippen LogP contribution in [-0.4, -0.2) is 48.4 Å². The van der Waals surface area contributed by atoms with E-state index in [1.54, 1.807) is 10.5 Å². The average molecular weight is 332 g/mol. The molecule has 1 fully saturated rings. The minimum atomic E-state index is -3.38. The van der Waals surface area contributed by atoms with Gasteiger partial charge in [0.15, 0.2) is 0 Å². The van der Waals surface area contributed by atoms with Gasteiger partial charge in [-0.1, -0.05) is 6.92 Å². The van der Waals surface area contributed by atoms with E-state index in [0.717, 1.165) is 30.2 Å². The van der Waals surface area contributed by atoms with Crippen molar-refractivity contribution in [2.45, 2.75) is 44.3 Å². The Balaban J connectivity index is 2.32. The summed E-state index contributed by atoms with van der Waals surface area (Å²) in [6.45, 7) is 6.22. The number of rotatable bonds is 6. The summed E-state index contributed by atoms with van der Waals surface area (Å²) in [4.78, 5) is 0.431. The average Bonchev–Trinajstić information content (AvgIpc) is 2.84. The van der Waals surface area contributed by atoms with E-state index in [1.807, 2.05) is 36.4 Å². The van der Waals surface area contributed by atoms with Gasteiger partial charge in [0, 0.05) is 49.1 Å². The molecule has 0 saturated carbocycles. The van der Waals surface area contributed by atoms with Crippen molar-refractivity contribution in [2.24, 2.45) is 0 Å². The van der Waals surface area contributed by atoms with E-state index in [4.69, 9.17) is 0 Å². The summed E-state index contributed by atoms with van der Waals surface area (Å²) in [5.41, 5.74) is 1.02. The van der Waals surface area contributed by atoms with Gasteiger partial charge in [0.2, 0.25) is 10.0 Å². The highest BCUT2D eigenvalue weighted by Crippen LogP contribution is 2.26. The number of hydrogen-bond acceptors (Lipinski definition) is 4. The van der Waals surface area contributed by atoms with Crippen LogP contribution < -0.4 is 5.32 Å². The fourth-order valence-electron chi connectivity index (χ4n) is 2.65. The maximum absolute atomic E-state index is 12.9. The van der Waals surface area contributed by atoms with E-state index in [-0.39, 0.29) is 6.04 Å². The summed E-state index contributed by atoms with van der Waals surface area (Å²) >= 11 is 1.82. The first-order chi connectivity index (χ1) is 10.0.